The van der Waals surface area contributed by atoms with Gasteiger partial charge in [-0.25, -0.2) is 0 Å². The summed E-state index contributed by atoms with van der Waals surface area (Å²) in [5, 5.41) is 0. The molecular formula is C26H56BrN. The molecule has 0 aromatic rings. The van der Waals surface area contributed by atoms with Crippen LogP contribution in [-0.2, 0) is 0 Å². The van der Waals surface area contributed by atoms with Crippen molar-refractivity contribution in [1.29, 1.82) is 0 Å². The second-order valence-corrected chi connectivity index (χ2v) is 9.19. The molecule has 0 radical (unpaired) electrons. The molecule has 0 aromatic carbocycles. The summed E-state index contributed by atoms with van der Waals surface area (Å²) in [6, 6.07) is 0. The van der Waals surface area contributed by atoms with Crippen molar-refractivity contribution < 1.29 is 21.5 Å². The Balaban J connectivity index is 0. The number of hydrogen-bond acceptors (Lipinski definition) is 0. The van der Waals surface area contributed by atoms with Crippen LogP contribution in [0.5, 0.6) is 0 Å². The molecule has 0 bridgehead atoms. The van der Waals surface area contributed by atoms with E-state index >= 15 is 0 Å². The molecule has 172 valence electrons. The van der Waals surface area contributed by atoms with Crippen LogP contribution in [0, 0.1) is 0 Å². The van der Waals surface area contributed by atoms with E-state index < -0.39 is 0 Å². The fraction of sp³-hybridized carbons (Fsp3) is 1.00. The number of rotatable bonds is 22. The topological polar surface area (TPSA) is 0 Å². The molecule has 0 unspecified atom stereocenters. The third-order valence-electron chi connectivity index (χ3n) is 6.37. The van der Waals surface area contributed by atoms with E-state index in [1.165, 1.54) is 146 Å². The van der Waals surface area contributed by atoms with E-state index in [2.05, 4.69) is 27.7 Å². The van der Waals surface area contributed by atoms with Crippen LogP contribution in [-0.4, -0.2) is 30.7 Å². The lowest BCUT2D eigenvalue weighted by atomic mass is 10.0. The average Bonchev–Trinajstić information content (AvgIpc) is 2.67. The van der Waals surface area contributed by atoms with E-state index in [1.54, 1.807) is 0 Å². The molecule has 0 aliphatic carbocycles. The quantitative estimate of drug-likeness (QED) is 0.139. The second-order valence-electron chi connectivity index (χ2n) is 9.19. The van der Waals surface area contributed by atoms with Crippen LogP contribution in [0.15, 0.2) is 0 Å². The molecule has 0 heterocycles. The lowest BCUT2D eigenvalue weighted by Crippen LogP contribution is -3.00. The molecule has 0 saturated carbocycles. The van der Waals surface area contributed by atoms with Crippen molar-refractivity contribution in [3.63, 3.8) is 0 Å². The highest BCUT2D eigenvalue weighted by molar-refractivity contribution is 4.51. The minimum absolute atomic E-state index is 0. The van der Waals surface area contributed by atoms with Crippen molar-refractivity contribution in [2.45, 2.75) is 143 Å². The number of quaternary nitrogens is 1. The average molecular weight is 463 g/mol. The second kappa shape index (κ2) is 23.7. The van der Waals surface area contributed by atoms with Crippen LogP contribution in [0.4, 0.5) is 0 Å². The normalized spacial score (nSPS) is 11.6. The lowest BCUT2D eigenvalue weighted by Gasteiger charge is -2.39. The SMILES string of the molecule is CCCCCCCCCCCCCCCC[N+](CCC)(CCC)CCCC.[Br-]. The van der Waals surface area contributed by atoms with Crippen molar-refractivity contribution in [3.8, 4) is 0 Å². The van der Waals surface area contributed by atoms with Crippen molar-refractivity contribution in [3.05, 3.63) is 0 Å². The Hall–Kier alpha value is 0.440. The molecule has 0 rings (SSSR count). The van der Waals surface area contributed by atoms with E-state index in [4.69, 9.17) is 0 Å². The van der Waals surface area contributed by atoms with Gasteiger partial charge < -0.3 is 21.5 Å². The van der Waals surface area contributed by atoms with E-state index in [0.29, 0.717) is 0 Å². The molecule has 2 heteroatoms. The maximum absolute atomic E-state index is 2.37. The molecule has 0 aliphatic rings. The number of halogens is 1. The first-order chi connectivity index (χ1) is 13.2. The Morgan fingerprint density at radius 1 is 0.321 bits per heavy atom. The van der Waals surface area contributed by atoms with Crippen molar-refractivity contribution >= 4 is 0 Å². The molecule has 0 aliphatic heterocycles. The lowest BCUT2D eigenvalue weighted by molar-refractivity contribution is -0.928. The van der Waals surface area contributed by atoms with Gasteiger partial charge >= 0.3 is 0 Å². The van der Waals surface area contributed by atoms with Gasteiger partial charge in [-0.15, -0.1) is 0 Å². The van der Waals surface area contributed by atoms with Crippen LogP contribution in [0.3, 0.4) is 0 Å². The smallest absolute Gasteiger partial charge is 0.0786 e. The van der Waals surface area contributed by atoms with Gasteiger partial charge in [-0.2, -0.15) is 0 Å². The molecule has 0 atom stereocenters. The molecular weight excluding hydrogens is 406 g/mol. The van der Waals surface area contributed by atoms with Gasteiger partial charge in [0, 0.05) is 0 Å². The third kappa shape index (κ3) is 18.5. The van der Waals surface area contributed by atoms with Gasteiger partial charge in [0.25, 0.3) is 0 Å². The van der Waals surface area contributed by atoms with E-state index in [9.17, 15) is 0 Å². The van der Waals surface area contributed by atoms with Crippen molar-refractivity contribution in [2.24, 2.45) is 0 Å². The third-order valence-corrected chi connectivity index (χ3v) is 6.37. The molecule has 0 spiro atoms. The van der Waals surface area contributed by atoms with Crippen molar-refractivity contribution in [2.75, 3.05) is 26.2 Å². The first kappa shape index (κ1) is 30.6. The number of unbranched alkanes of at least 4 members (excludes halogenated alkanes) is 14. The summed E-state index contributed by atoms with van der Waals surface area (Å²) >= 11 is 0. The summed E-state index contributed by atoms with van der Waals surface area (Å²) in [6.07, 6.45) is 26.0. The monoisotopic (exact) mass is 461 g/mol. The highest BCUT2D eigenvalue weighted by Crippen LogP contribution is 2.17. The van der Waals surface area contributed by atoms with Gasteiger partial charge in [-0.05, 0) is 32.1 Å². The van der Waals surface area contributed by atoms with Gasteiger partial charge in [-0.1, -0.05) is 111 Å². The molecule has 0 fully saturated rings. The molecule has 0 N–H and O–H groups in total. The summed E-state index contributed by atoms with van der Waals surface area (Å²) in [7, 11) is 0. The Morgan fingerprint density at radius 2 is 0.643 bits per heavy atom. The van der Waals surface area contributed by atoms with Gasteiger partial charge in [0.15, 0.2) is 0 Å². The number of hydrogen-bond donors (Lipinski definition) is 0. The zero-order chi connectivity index (χ0) is 20.1. The first-order valence-corrected chi connectivity index (χ1v) is 13.1. The van der Waals surface area contributed by atoms with Crippen LogP contribution in [0.1, 0.15) is 143 Å². The highest BCUT2D eigenvalue weighted by atomic mass is 79.9. The van der Waals surface area contributed by atoms with Gasteiger partial charge in [0.1, 0.15) is 0 Å². The van der Waals surface area contributed by atoms with E-state index in [-0.39, 0.29) is 17.0 Å². The standard InChI is InChI=1S/C26H56N.BrH/c1-5-9-11-12-13-14-15-16-17-18-19-20-21-22-26-27(23-7-3,24-8-4)25-10-6-2;/h5-26H2,1-4H3;1H/q+1;/p-1. The molecule has 0 amide bonds. The molecule has 1 nitrogen and oxygen atoms in total. The zero-order valence-corrected chi connectivity index (χ0v) is 22.0. The fourth-order valence-electron chi connectivity index (χ4n) is 4.75. The summed E-state index contributed by atoms with van der Waals surface area (Å²) in [6.45, 7) is 15.1. The molecule has 0 aromatic heterocycles. The maximum Gasteiger partial charge on any atom is 0.0786 e. The zero-order valence-electron chi connectivity index (χ0n) is 20.4. The largest absolute Gasteiger partial charge is 1.00 e. The maximum atomic E-state index is 2.37. The summed E-state index contributed by atoms with van der Waals surface area (Å²) < 4.78 is 1.42. The Labute approximate surface area is 190 Å². The van der Waals surface area contributed by atoms with Crippen LogP contribution < -0.4 is 17.0 Å². The highest BCUT2D eigenvalue weighted by Gasteiger charge is 2.24. The minimum Gasteiger partial charge on any atom is -1.00 e. The fourth-order valence-corrected chi connectivity index (χ4v) is 4.75. The Bertz CT molecular complexity index is 274. The summed E-state index contributed by atoms with van der Waals surface area (Å²) in [5.41, 5.74) is 0. The Morgan fingerprint density at radius 3 is 1.00 bits per heavy atom. The van der Waals surface area contributed by atoms with Gasteiger partial charge in [-0.3, -0.25) is 0 Å². The molecule has 0 saturated heterocycles. The van der Waals surface area contributed by atoms with E-state index in [0.717, 1.165) is 0 Å². The minimum atomic E-state index is 0. The van der Waals surface area contributed by atoms with Crippen LogP contribution in [0.25, 0.3) is 0 Å². The van der Waals surface area contributed by atoms with Gasteiger partial charge in [0.05, 0.1) is 26.2 Å². The Kier molecular flexibility index (Phi) is 25.9. The van der Waals surface area contributed by atoms with Crippen LogP contribution in [0.2, 0.25) is 0 Å². The van der Waals surface area contributed by atoms with E-state index in [1.807, 2.05) is 0 Å². The molecule has 28 heavy (non-hydrogen) atoms. The predicted molar refractivity (Wildman–Crippen MR) is 126 cm³/mol. The van der Waals surface area contributed by atoms with Crippen LogP contribution >= 0.6 is 0 Å². The predicted octanol–water partition coefficient (Wildman–Crippen LogP) is 5.91. The summed E-state index contributed by atoms with van der Waals surface area (Å²) in [4.78, 5) is 0. The first-order valence-electron chi connectivity index (χ1n) is 13.1. The summed E-state index contributed by atoms with van der Waals surface area (Å²) in [5.74, 6) is 0. The van der Waals surface area contributed by atoms with Crippen molar-refractivity contribution in [1.82, 2.24) is 0 Å². The number of nitrogens with zero attached hydrogens (tertiary/aromatic N) is 1. The van der Waals surface area contributed by atoms with Gasteiger partial charge in [0.2, 0.25) is 0 Å².